The molecule has 0 N–H and O–H groups in total. The van der Waals surface area contributed by atoms with Gasteiger partial charge in [0.25, 0.3) is 0 Å². The van der Waals surface area contributed by atoms with Crippen molar-refractivity contribution in [2.75, 3.05) is 4.90 Å². The van der Waals surface area contributed by atoms with Crippen LogP contribution in [-0.4, -0.2) is 9.55 Å². The number of aromatic nitrogens is 2. The number of rotatable bonds is 5. The molecule has 0 atom stereocenters. The van der Waals surface area contributed by atoms with E-state index in [9.17, 15) is 0 Å². The summed E-state index contributed by atoms with van der Waals surface area (Å²) in [5.41, 5.74) is 9.00. The summed E-state index contributed by atoms with van der Waals surface area (Å²) in [6, 6.07) is 49.0. The van der Waals surface area contributed by atoms with E-state index in [1.807, 2.05) is 24.5 Å². The summed E-state index contributed by atoms with van der Waals surface area (Å²) in [5.74, 6) is 0. The van der Waals surface area contributed by atoms with E-state index < -0.39 is 0 Å². The molecule has 0 fully saturated rings. The van der Waals surface area contributed by atoms with Crippen LogP contribution in [0.2, 0.25) is 0 Å². The van der Waals surface area contributed by atoms with E-state index in [0.29, 0.717) is 0 Å². The number of hydrogen-bond donors (Lipinski definition) is 0. The van der Waals surface area contributed by atoms with Crippen molar-refractivity contribution in [2.45, 2.75) is 0 Å². The van der Waals surface area contributed by atoms with Gasteiger partial charge in [0.1, 0.15) is 0 Å². The number of benzene rings is 5. The molecule has 0 saturated heterocycles. The molecule has 0 aliphatic rings. The normalized spacial score (nSPS) is 11.2. The molecule has 38 heavy (non-hydrogen) atoms. The predicted octanol–water partition coefficient (Wildman–Crippen LogP) is 9.32. The molecule has 0 aliphatic heterocycles. The fourth-order valence-electron chi connectivity index (χ4n) is 5.31. The van der Waals surface area contributed by atoms with Crippen LogP contribution in [0.4, 0.5) is 17.1 Å². The lowest BCUT2D eigenvalue weighted by Crippen LogP contribution is -2.09. The van der Waals surface area contributed by atoms with Gasteiger partial charge in [-0.1, -0.05) is 84.9 Å². The molecule has 180 valence electrons. The zero-order valence-electron chi connectivity index (χ0n) is 20.8. The number of hydrogen-bond acceptors (Lipinski definition) is 2. The SMILES string of the molecule is c1ccc(N(c2ccccc2)c2ccc(-c3cncc(-n4c5ccccc5c5ccccc54)c3)cc2)cc1. The number of anilines is 3. The number of nitrogens with zero attached hydrogens (tertiary/aromatic N) is 3. The van der Waals surface area contributed by atoms with E-state index in [1.54, 1.807) is 0 Å². The molecule has 3 heteroatoms. The van der Waals surface area contributed by atoms with Gasteiger partial charge in [-0.2, -0.15) is 0 Å². The third-order valence-electron chi connectivity index (χ3n) is 7.05. The van der Waals surface area contributed by atoms with Gasteiger partial charge in [0.15, 0.2) is 0 Å². The average Bonchev–Trinajstić information content (AvgIpc) is 3.33. The summed E-state index contributed by atoms with van der Waals surface area (Å²) in [6.45, 7) is 0. The minimum Gasteiger partial charge on any atom is -0.311 e. The second kappa shape index (κ2) is 9.38. The molecule has 5 aromatic carbocycles. The lowest BCUT2D eigenvalue weighted by atomic mass is 10.1. The third kappa shape index (κ3) is 3.82. The molecule has 0 amide bonds. The monoisotopic (exact) mass is 487 g/mol. The Hall–Kier alpha value is -5.15. The van der Waals surface area contributed by atoms with Crippen molar-refractivity contribution < 1.29 is 0 Å². The number of pyridine rings is 1. The minimum atomic E-state index is 1.05. The molecule has 3 nitrogen and oxygen atoms in total. The van der Waals surface area contributed by atoms with Crippen molar-refractivity contribution in [1.82, 2.24) is 9.55 Å². The van der Waals surface area contributed by atoms with Gasteiger partial charge in [0.2, 0.25) is 0 Å². The highest BCUT2D eigenvalue weighted by Gasteiger charge is 2.14. The number of para-hydroxylation sites is 4. The van der Waals surface area contributed by atoms with E-state index in [1.165, 1.54) is 21.8 Å². The maximum absolute atomic E-state index is 4.65. The van der Waals surface area contributed by atoms with Crippen LogP contribution in [0.3, 0.4) is 0 Å². The molecule has 0 aliphatic carbocycles. The first-order valence-electron chi connectivity index (χ1n) is 12.8. The summed E-state index contributed by atoms with van der Waals surface area (Å²) >= 11 is 0. The van der Waals surface area contributed by atoms with Crippen molar-refractivity contribution >= 4 is 38.9 Å². The highest BCUT2D eigenvalue weighted by molar-refractivity contribution is 6.09. The maximum Gasteiger partial charge on any atom is 0.0651 e. The molecule has 0 unspecified atom stereocenters. The fraction of sp³-hybridized carbons (Fsp3) is 0. The van der Waals surface area contributed by atoms with Gasteiger partial charge < -0.3 is 9.47 Å². The van der Waals surface area contributed by atoms with Crippen molar-refractivity contribution in [3.8, 4) is 16.8 Å². The quantitative estimate of drug-likeness (QED) is 0.241. The minimum absolute atomic E-state index is 1.05. The fourth-order valence-corrected chi connectivity index (χ4v) is 5.31. The highest BCUT2D eigenvalue weighted by atomic mass is 15.1. The average molecular weight is 488 g/mol. The van der Waals surface area contributed by atoms with Gasteiger partial charge in [-0.25, -0.2) is 0 Å². The van der Waals surface area contributed by atoms with Crippen LogP contribution < -0.4 is 4.90 Å². The summed E-state index contributed by atoms with van der Waals surface area (Å²) in [5, 5.41) is 2.50. The van der Waals surface area contributed by atoms with E-state index >= 15 is 0 Å². The molecule has 2 heterocycles. The van der Waals surface area contributed by atoms with Crippen molar-refractivity contribution in [2.24, 2.45) is 0 Å². The molecule has 7 aromatic rings. The van der Waals surface area contributed by atoms with Crippen LogP contribution in [0.1, 0.15) is 0 Å². The van der Waals surface area contributed by atoms with Gasteiger partial charge in [-0.05, 0) is 60.2 Å². The van der Waals surface area contributed by atoms with Gasteiger partial charge in [-0.15, -0.1) is 0 Å². The zero-order chi connectivity index (χ0) is 25.3. The molecule has 0 saturated carbocycles. The first-order chi connectivity index (χ1) is 18.9. The first-order valence-corrected chi connectivity index (χ1v) is 12.8. The van der Waals surface area contributed by atoms with E-state index in [4.69, 9.17) is 0 Å². The van der Waals surface area contributed by atoms with Crippen molar-refractivity contribution in [1.29, 1.82) is 0 Å². The summed E-state index contributed by atoms with van der Waals surface area (Å²) in [6.07, 6.45) is 3.89. The van der Waals surface area contributed by atoms with Gasteiger partial charge in [0.05, 0.1) is 22.9 Å². The van der Waals surface area contributed by atoms with Gasteiger partial charge in [-0.3, -0.25) is 4.98 Å². The second-order valence-corrected chi connectivity index (χ2v) is 9.35. The Balaban J connectivity index is 1.30. The Bertz CT molecular complexity index is 1760. The van der Waals surface area contributed by atoms with Crippen molar-refractivity contribution in [3.05, 3.63) is 152 Å². The van der Waals surface area contributed by atoms with Crippen LogP contribution in [0.15, 0.2) is 152 Å². The lowest BCUT2D eigenvalue weighted by molar-refractivity contribution is 1.14. The molecule has 0 spiro atoms. The molecule has 2 aromatic heterocycles. The van der Waals surface area contributed by atoms with E-state index in [2.05, 4.69) is 142 Å². The molecular formula is C35H25N3. The maximum atomic E-state index is 4.65. The lowest BCUT2D eigenvalue weighted by Gasteiger charge is -2.25. The van der Waals surface area contributed by atoms with E-state index in [0.717, 1.165) is 33.9 Å². The van der Waals surface area contributed by atoms with Gasteiger partial charge >= 0.3 is 0 Å². The summed E-state index contributed by atoms with van der Waals surface area (Å²) in [4.78, 5) is 6.93. The zero-order valence-corrected chi connectivity index (χ0v) is 20.8. The van der Waals surface area contributed by atoms with Crippen LogP contribution in [-0.2, 0) is 0 Å². The second-order valence-electron chi connectivity index (χ2n) is 9.35. The van der Waals surface area contributed by atoms with Crippen LogP contribution in [0.5, 0.6) is 0 Å². The molecule has 0 bridgehead atoms. The molecule has 0 radical (unpaired) electrons. The van der Waals surface area contributed by atoms with Gasteiger partial charge in [0, 0.05) is 39.6 Å². The summed E-state index contributed by atoms with van der Waals surface area (Å²) in [7, 11) is 0. The van der Waals surface area contributed by atoms with Crippen LogP contribution >= 0.6 is 0 Å². The standard InChI is InChI=1S/C35H25N3/c1-3-11-28(12-4-1)37(29-13-5-2-6-14-29)30-21-19-26(20-22-30)27-23-31(25-36-24-27)38-34-17-9-7-15-32(34)33-16-8-10-18-35(33)38/h1-25H. The molecular weight excluding hydrogens is 462 g/mol. The highest BCUT2D eigenvalue weighted by Crippen LogP contribution is 2.36. The Kier molecular flexibility index (Phi) is 5.45. The predicted molar refractivity (Wildman–Crippen MR) is 159 cm³/mol. The Morgan fingerprint density at radius 2 is 0.947 bits per heavy atom. The van der Waals surface area contributed by atoms with Crippen LogP contribution in [0.25, 0.3) is 38.6 Å². The van der Waals surface area contributed by atoms with E-state index in [-0.39, 0.29) is 0 Å². The smallest absolute Gasteiger partial charge is 0.0651 e. The van der Waals surface area contributed by atoms with Crippen LogP contribution in [0, 0.1) is 0 Å². The Morgan fingerprint density at radius 1 is 0.447 bits per heavy atom. The first kappa shape index (κ1) is 22.1. The third-order valence-corrected chi connectivity index (χ3v) is 7.05. The van der Waals surface area contributed by atoms with Crippen molar-refractivity contribution in [3.63, 3.8) is 0 Å². The topological polar surface area (TPSA) is 21.1 Å². The summed E-state index contributed by atoms with van der Waals surface area (Å²) < 4.78 is 2.31. The Morgan fingerprint density at radius 3 is 1.53 bits per heavy atom. The molecule has 7 rings (SSSR count). The number of fused-ring (bicyclic) bond motifs is 3. The largest absolute Gasteiger partial charge is 0.311 e. The Labute approximate surface area is 221 Å².